The Morgan fingerprint density at radius 2 is 2.20 bits per heavy atom. The summed E-state index contributed by atoms with van der Waals surface area (Å²) >= 11 is 0. The van der Waals surface area contributed by atoms with Gasteiger partial charge in [0.1, 0.15) is 11.5 Å². The predicted molar refractivity (Wildman–Crippen MR) is 120 cm³/mol. The summed E-state index contributed by atoms with van der Waals surface area (Å²) in [4.78, 5) is 14.5. The van der Waals surface area contributed by atoms with E-state index >= 15 is 0 Å². The molecule has 1 N–H and O–H groups in total. The van der Waals surface area contributed by atoms with Crippen molar-refractivity contribution >= 4 is 17.9 Å². The molecule has 1 unspecified atom stereocenters. The van der Waals surface area contributed by atoms with Crippen molar-refractivity contribution in [3.8, 4) is 5.75 Å². The summed E-state index contributed by atoms with van der Waals surface area (Å²) in [7, 11) is 0. The molecule has 1 aliphatic heterocycles. The van der Waals surface area contributed by atoms with Crippen LogP contribution in [-0.2, 0) is 0 Å². The van der Waals surface area contributed by atoms with Crippen molar-refractivity contribution < 1.29 is 14.1 Å². The molecule has 1 aliphatic rings. The normalized spacial score (nSPS) is 18.1. The molecule has 2 aromatic rings. The number of likely N-dealkylation sites (tertiary alicyclic amines) is 1. The van der Waals surface area contributed by atoms with Crippen LogP contribution >= 0.6 is 0 Å². The number of piperidine rings is 1. The SMILES string of the molecule is Cc1onc(NC(=O)N2CC/C(=C\c3cccc(OCCC(C)C)c3)C(C)C2)c1C. The van der Waals surface area contributed by atoms with Crippen LogP contribution in [0.25, 0.3) is 6.08 Å². The number of rotatable bonds is 6. The van der Waals surface area contributed by atoms with E-state index in [9.17, 15) is 4.79 Å². The average molecular weight is 412 g/mol. The number of benzene rings is 1. The Balaban J connectivity index is 1.59. The summed E-state index contributed by atoms with van der Waals surface area (Å²) in [6.07, 6.45) is 4.14. The molecule has 1 saturated heterocycles. The molecule has 1 aromatic heterocycles. The molecule has 0 aliphatic carbocycles. The van der Waals surface area contributed by atoms with Gasteiger partial charge >= 0.3 is 6.03 Å². The third-order valence-corrected chi connectivity index (χ3v) is 5.64. The number of anilines is 1. The number of aromatic nitrogens is 1. The highest BCUT2D eigenvalue weighted by Crippen LogP contribution is 2.27. The van der Waals surface area contributed by atoms with Crippen LogP contribution in [0.3, 0.4) is 0 Å². The Labute approximate surface area is 179 Å². The number of amides is 2. The number of carbonyl (C=O) groups is 1. The lowest BCUT2D eigenvalue weighted by Gasteiger charge is -2.33. The molecule has 0 bridgehead atoms. The van der Waals surface area contributed by atoms with Crippen LogP contribution in [0.4, 0.5) is 10.6 Å². The summed E-state index contributed by atoms with van der Waals surface area (Å²) in [5, 5.41) is 6.79. The molecular formula is C24H33N3O3. The highest BCUT2D eigenvalue weighted by atomic mass is 16.5. The molecule has 6 nitrogen and oxygen atoms in total. The molecule has 0 saturated carbocycles. The highest BCUT2D eigenvalue weighted by Gasteiger charge is 2.25. The van der Waals surface area contributed by atoms with E-state index in [-0.39, 0.29) is 11.9 Å². The van der Waals surface area contributed by atoms with Gasteiger partial charge in [0, 0.05) is 18.7 Å². The first kappa shape index (κ1) is 21.9. The molecule has 1 atom stereocenters. The first-order valence-corrected chi connectivity index (χ1v) is 10.8. The lowest BCUT2D eigenvalue weighted by Crippen LogP contribution is -2.42. The first-order valence-electron chi connectivity index (χ1n) is 10.8. The van der Waals surface area contributed by atoms with E-state index in [0.717, 1.165) is 42.1 Å². The molecule has 162 valence electrons. The molecule has 1 fully saturated rings. The Hall–Kier alpha value is -2.76. The van der Waals surface area contributed by atoms with Gasteiger partial charge in [0.25, 0.3) is 0 Å². The van der Waals surface area contributed by atoms with Crippen molar-refractivity contribution in [2.45, 2.75) is 47.5 Å². The van der Waals surface area contributed by atoms with E-state index in [4.69, 9.17) is 9.26 Å². The lowest BCUT2D eigenvalue weighted by atomic mass is 9.91. The van der Waals surface area contributed by atoms with E-state index < -0.39 is 0 Å². The summed E-state index contributed by atoms with van der Waals surface area (Å²) in [6.45, 7) is 12.4. The Bertz CT molecular complexity index is 901. The molecule has 6 heteroatoms. The van der Waals surface area contributed by atoms with Crippen molar-refractivity contribution in [2.24, 2.45) is 11.8 Å². The number of hydrogen-bond acceptors (Lipinski definition) is 4. The Morgan fingerprint density at radius 3 is 2.87 bits per heavy atom. The number of nitrogens with zero attached hydrogens (tertiary/aromatic N) is 2. The monoisotopic (exact) mass is 411 g/mol. The number of ether oxygens (including phenoxy) is 1. The zero-order valence-electron chi connectivity index (χ0n) is 18.7. The lowest BCUT2D eigenvalue weighted by molar-refractivity contribution is 0.197. The van der Waals surface area contributed by atoms with Gasteiger partial charge in [-0.25, -0.2) is 4.79 Å². The summed E-state index contributed by atoms with van der Waals surface area (Å²) in [5.41, 5.74) is 3.36. The second kappa shape index (κ2) is 9.83. The Kier molecular flexibility index (Phi) is 7.19. The number of carbonyl (C=O) groups excluding carboxylic acids is 1. The molecule has 30 heavy (non-hydrogen) atoms. The second-order valence-electron chi connectivity index (χ2n) is 8.56. The van der Waals surface area contributed by atoms with Gasteiger partial charge in [-0.2, -0.15) is 0 Å². The molecule has 0 spiro atoms. The van der Waals surface area contributed by atoms with Crippen LogP contribution < -0.4 is 10.1 Å². The zero-order chi connectivity index (χ0) is 21.7. The van der Waals surface area contributed by atoms with Crippen LogP contribution in [0, 0.1) is 25.7 Å². The van der Waals surface area contributed by atoms with E-state index in [2.05, 4.69) is 49.5 Å². The van der Waals surface area contributed by atoms with E-state index in [1.807, 2.05) is 30.9 Å². The largest absolute Gasteiger partial charge is 0.494 e. The van der Waals surface area contributed by atoms with Crippen molar-refractivity contribution in [2.75, 3.05) is 25.0 Å². The van der Waals surface area contributed by atoms with Crippen LogP contribution in [0.15, 0.2) is 34.4 Å². The van der Waals surface area contributed by atoms with E-state index in [1.165, 1.54) is 5.57 Å². The molecule has 0 radical (unpaired) electrons. The van der Waals surface area contributed by atoms with Crippen LogP contribution in [0.5, 0.6) is 5.75 Å². The third kappa shape index (κ3) is 5.65. The van der Waals surface area contributed by atoms with Crippen molar-refractivity contribution in [1.82, 2.24) is 10.1 Å². The quantitative estimate of drug-likeness (QED) is 0.665. The maximum Gasteiger partial charge on any atom is 0.323 e. The van der Waals surface area contributed by atoms with Crippen molar-refractivity contribution in [3.05, 3.63) is 46.7 Å². The standard InChI is InChI=1S/C24H33N3O3/c1-16(2)10-12-29-22-8-6-7-20(14-22)13-21-9-11-27(15-17(21)3)24(28)25-23-18(4)19(5)30-26-23/h6-8,13-14,16-17H,9-12,15H2,1-5H3,(H,25,26,28)/b21-13+. The summed E-state index contributed by atoms with van der Waals surface area (Å²) < 4.78 is 11.0. The smallest absolute Gasteiger partial charge is 0.323 e. The fourth-order valence-electron chi connectivity index (χ4n) is 3.48. The average Bonchev–Trinajstić information content (AvgIpc) is 3.01. The molecule has 2 heterocycles. The van der Waals surface area contributed by atoms with Gasteiger partial charge < -0.3 is 14.2 Å². The minimum Gasteiger partial charge on any atom is -0.494 e. The van der Waals surface area contributed by atoms with Crippen molar-refractivity contribution in [3.63, 3.8) is 0 Å². The number of nitrogens with one attached hydrogen (secondary N) is 1. The highest BCUT2D eigenvalue weighted by molar-refractivity contribution is 5.89. The Morgan fingerprint density at radius 1 is 1.40 bits per heavy atom. The fraction of sp³-hybridized carbons (Fsp3) is 0.500. The minimum atomic E-state index is -0.127. The number of urea groups is 1. The van der Waals surface area contributed by atoms with Crippen LogP contribution in [0.1, 0.15) is 50.5 Å². The first-order chi connectivity index (χ1) is 14.3. The maximum atomic E-state index is 12.6. The fourth-order valence-corrected chi connectivity index (χ4v) is 3.48. The topological polar surface area (TPSA) is 67.6 Å². The number of aryl methyl sites for hydroxylation is 1. The zero-order valence-corrected chi connectivity index (χ0v) is 18.7. The van der Waals surface area contributed by atoms with Crippen LogP contribution in [-0.4, -0.2) is 35.8 Å². The molecule has 3 rings (SSSR count). The predicted octanol–water partition coefficient (Wildman–Crippen LogP) is 5.67. The van der Waals surface area contributed by atoms with Gasteiger partial charge in [-0.15, -0.1) is 0 Å². The van der Waals surface area contributed by atoms with Gasteiger partial charge in [-0.1, -0.05) is 49.7 Å². The van der Waals surface area contributed by atoms with E-state index in [0.29, 0.717) is 24.8 Å². The molecule has 1 aromatic carbocycles. The summed E-state index contributed by atoms with van der Waals surface area (Å²) in [6, 6.07) is 8.11. The summed E-state index contributed by atoms with van der Waals surface area (Å²) in [5.74, 6) is 3.05. The van der Waals surface area contributed by atoms with Crippen molar-refractivity contribution in [1.29, 1.82) is 0 Å². The van der Waals surface area contributed by atoms with Gasteiger partial charge in [0.15, 0.2) is 5.82 Å². The second-order valence-corrected chi connectivity index (χ2v) is 8.56. The molecular weight excluding hydrogens is 378 g/mol. The molecule has 2 amide bonds. The van der Waals surface area contributed by atoms with Gasteiger partial charge in [0.2, 0.25) is 0 Å². The van der Waals surface area contributed by atoms with Gasteiger partial charge in [-0.05, 0) is 56.2 Å². The van der Waals surface area contributed by atoms with Gasteiger partial charge in [-0.3, -0.25) is 5.32 Å². The maximum absolute atomic E-state index is 12.6. The number of hydrogen-bond donors (Lipinski definition) is 1. The minimum absolute atomic E-state index is 0.127. The van der Waals surface area contributed by atoms with E-state index in [1.54, 1.807) is 0 Å². The third-order valence-electron chi connectivity index (χ3n) is 5.64. The van der Waals surface area contributed by atoms with Crippen LogP contribution in [0.2, 0.25) is 0 Å². The van der Waals surface area contributed by atoms with Gasteiger partial charge in [0.05, 0.1) is 6.61 Å².